The number of ether oxygens (including phenoxy) is 2. The van der Waals surface area contributed by atoms with Crippen molar-refractivity contribution >= 4 is 27.3 Å². The van der Waals surface area contributed by atoms with Crippen molar-refractivity contribution in [3.8, 4) is 11.5 Å². The molecule has 172 valence electrons. The molecule has 0 unspecified atom stereocenters. The van der Waals surface area contributed by atoms with E-state index in [0.29, 0.717) is 36.7 Å². The van der Waals surface area contributed by atoms with E-state index in [1.807, 2.05) is 13.0 Å². The Kier molecular flexibility index (Phi) is 6.84. The van der Waals surface area contributed by atoms with Gasteiger partial charge in [0, 0.05) is 12.2 Å². The smallest absolute Gasteiger partial charge is 0.264 e. The van der Waals surface area contributed by atoms with Crippen LogP contribution in [0.1, 0.15) is 18.9 Å². The molecule has 0 spiro atoms. The van der Waals surface area contributed by atoms with Crippen LogP contribution in [-0.2, 0) is 21.2 Å². The molecule has 4 rings (SSSR count). The Balaban J connectivity index is 1.42. The second-order valence-corrected chi connectivity index (χ2v) is 9.44. The van der Waals surface area contributed by atoms with Crippen LogP contribution in [0.15, 0.2) is 77.7 Å². The van der Waals surface area contributed by atoms with E-state index in [-0.39, 0.29) is 17.4 Å². The third-order valence-electron chi connectivity index (χ3n) is 5.28. The average Bonchev–Trinajstić information content (AvgIpc) is 2.84. The first-order valence-corrected chi connectivity index (χ1v) is 12.3. The number of hydrogen-bond donors (Lipinski definition) is 1. The van der Waals surface area contributed by atoms with Crippen LogP contribution in [0.2, 0.25) is 0 Å². The summed E-state index contributed by atoms with van der Waals surface area (Å²) in [6.45, 7) is 2.78. The summed E-state index contributed by atoms with van der Waals surface area (Å²) in [5, 5.41) is 2.82. The van der Waals surface area contributed by atoms with Crippen molar-refractivity contribution in [1.29, 1.82) is 0 Å². The van der Waals surface area contributed by atoms with Gasteiger partial charge in [0.25, 0.3) is 15.9 Å². The van der Waals surface area contributed by atoms with Crippen molar-refractivity contribution in [3.63, 3.8) is 0 Å². The van der Waals surface area contributed by atoms with E-state index in [0.717, 1.165) is 17.7 Å². The fraction of sp³-hybridized carbons (Fsp3) is 0.240. The Bertz CT molecular complexity index is 1210. The SMILES string of the molecule is CCOc1ccc(OCC(=O)Nc2ccc3c(c2)CCCN3S(=O)(=O)c2ccccc2)cc1. The molecular formula is C25H26N2O5S. The zero-order chi connectivity index (χ0) is 23.3. The molecule has 7 nitrogen and oxygen atoms in total. The monoisotopic (exact) mass is 466 g/mol. The molecule has 1 aliphatic heterocycles. The van der Waals surface area contributed by atoms with E-state index < -0.39 is 10.0 Å². The van der Waals surface area contributed by atoms with Gasteiger partial charge in [0.05, 0.1) is 17.2 Å². The number of hydrogen-bond acceptors (Lipinski definition) is 5. The predicted octanol–water partition coefficient (Wildman–Crippen LogP) is 4.24. The Hall–Kier alpha value is -3.52. The summed E-state index contributed by atoms with van der Waals surface area (Å²) >= 11 is 0. The molecule has 1 amide bonds. The number of fused-ring (bicyclic) bond motifs is 1. The molecule has 0 bridgehead atoms. The number of benzene rings is 3. The largest absolute Gasteiger partial charge is 0.494 e. The number of anilines is 2. The van der Waals surface area contributed by atoms with Gasteiger partial charge in [0.1, 0.15) is 11.5 Å². The Morgan fingerprint density at radius 1 is 0.970 bits per heavy atom. The van der Waals surface area contributed by atoms with E-state index in [1.165, 1.54) is 4.31 Å². The first-order valence-electron chi connectivity index (χ1n) is 10.8. The maximum Gasteiger partial charge on any atom is 0.264 e. The first kappa shape index (κ1) is 22.7. The van der Waals surface area contributed by atoms with E-state index in [4.69, 9.17) is 9.47 Å². The molecule has 0 saturated heterocycles. The van der Waals surface area contributed by atoms with Crippen LogP contribution < -0.4 is 19.1 Å². The van der Waals surface area contributed by atoms with E-state index in [2.05, 4.69) is 5.32 Å². The minimum atomic E-state index is -3.64. The molecular weight excluding hydrogens is 440 g/mol. The zero-order valence-electron chi connectivity index (χ0n) is 18.4. The van der Waals surface area contributed by atoms with Gasteiger partial charge in [0.2, 0.25) is 0 Å². The number of rotatable bonds is 8. The lowest BCUT2D eigenvalue weighted by Gasteiger charge is -2.30. The molecule has 0 atom stereocenters. The summed E-state index contributed by atoms with van der Waals surface area (Å²) in [5.74, 6) is 1.01. The van der Waals surface area contributed by atoms with Crippen LogP contribution in [0.4, 0.5) is 11.4 Å². The molecule has 0 saturated carbocycles. The van der Waals surface area contributed by atoms with Gasteiger partial charge in [-0.1, -0.05) is 18.2 Å². The van der Waals surface area contributed by atoms with Gasteiger partial charge in [-0.25, -0.2) is 8.42 Å². The van der Waals surface area contributed by atoms with E-state index in [9.17, 15) is 13.2 Å². The van der Waals surface area contributed by atoms with Gasteiger partial charge in [0.15, 0.2) is 6.61 Å². The molecule has 3 aromatic carbocycles. The highest BCUT2D eigenvalue weighted by atomic mass is 32.2. The Labute approximate surface area is 194 Å². The molecule has 1 heterocycles. The molecule has 33 heavy (non-hydrogen) atoms. The number of carbonyl (C=O) groups excluding carboxylic acids is 1. The van der Waals surface area contributed by atoms with Crippen molar-refractivity contribution in [3.05, 3.63) is 78.4 Å². The van der Waals surface area contributed by atoms with Gasteiger partial charge in [-0.2, -0.15) is 0 Å². The minimum Gasteiger partial charge on any atom is -0.494 e. The van der Waals surface area contributed by atoms with Crippen LogP contribution in [0, 0.1) is 0 Å². The lowest BCUT2D eigenvalue weighted by atomic mass is 10.0. The summed E-state index contributed by atoms with van der Waals surface area (Å²) in [5.41, 5.74) is 2.13. The lowest BCUT2D eigenvalue weighted by Crippen LogP contribution is -2.35. The fourth-order valence-electron chi connectivity index (χ4n) is 3.75. The summed E-state index contributed by atoms with van der Waals surface area (Å²) < 4.78 is 38.6. The van der Waals surface area contributed by atoms with E-state index >= 15 is 0 Å². The average molecular weight is 467 g/mol. The van der Waals surface area contributed by atoms with Crippen LogP contribution >= 0.6 is 0 Å². The normalized spacial score (nSPS) is 13.2. The number of amides is 1. The summed E-state index contributed by atoms with van der Waals surface area (Å²) in [6.07, 6.45) is 1.44. The van der Waals surface area contributed by atoms with Gasteiger partial charge in [-0.15, -0.1) is 0 Å². The zero-order valence-corrected chi connectivity index (χ0v) is 19.2. The number of sulfonamides is 1. The predicted molar refractivity (Wildman–Crippen MR) is 127 cm³/mol. The second kappa shape index (κ2) is 9.95. The highest BCUT2D eigenvalue weighted by Gasteiger charge is 2.29. The van der Waals surface area contributed by atoms with Gasteiger partial charge in [-0.3, -0.25) is 9.10 Å². The number of aryl methyl sites for hydroxylation is 1. The maximum absolute atomic E-state index is 13.1. The van der Waals surface area contributed by atoms with Crippen molar-refractivity contribution in [2.45, 2.75) is 24.7 Å². The third kappa shape index (κ3) is 5.28. The van der Waals surface area contributed by atoms with Gasteiger partial charge < -0.3 is 14.8 Å². The Morgan fingerprint density at radius 3 is 2.36 bits per heavy atom. The molecule has 1 N–H and O–H groups in total. The maximum atomic E-state index is 13.1. The van der Waals surface area contributed by atoms with Crippen LogP contribution in [-0.4, -0.2) is 34.1 Å². The highest BCUT2D eigenvalue weighted by Crippen LogP contribution is 2.33. The molecule has 0 fully saturated rings. The lowest BCUT2D eigenvalue weighted by molar-refractivity contribution is -0.118. The third-order valence-corrected chi connectivity index (χ3v) is 7.10. The molecule has 0 aliphatic carbocycles. The second-order valence-electron chi connectivity index (χ2n) is 7.58. The number of nitrogens with one attached hydrogen (secondary N) is 1. The Morgan fingerprint density at radius 2 is 1.67 bits per heavy atom. The van der Waals surface area contributed by atoms with Crippen molar-refractivity contribution < 1.29 is 22.7 Å². The quantitative estimate of drug-likeness (QED) is 0.537. The van der Waals surface area contributed by atoms with Gasteiger partial charge >= 0.3 is 0 Å². The van der Waals surface area contributed by atoms with E-state index in [1.54, 1.807) is 66.7 Å². The van der Waals surface area contributed by atoms with Crippen molar-refractivity contribution in [2.24, 2.45) is 0 Å². The van der Waals surface area contributed by atoms with Crippen LogP contribution in [0.25, 0.3) is 0 Å². The first-order chi connectivity index (χ1) is 16.0. The summed E-state index contributed by atoms with van der Waals surface area (Å²) in [6, 6.07) is 20.8. The standard InChI is InChI=1S/C25H26N2O5S/c1-2-31-21-11-13-22(14-12-21)32-18-25(28)26-20-10-15-24-19(17-20)7-6-16-27(24)33(29,30)23-8-4-3-5-9-23/h3-5,8-15,17H,2,6-7,16,18H2,1H3,(H,26,28). The minimum absolute atomic E-state index is 0.139. The molecule has 1 aliphatic rings. The molecule has 0 radical (unpaired) electrons. The highest BCUT2D eigenvalue weighted by molar-refractivity contribution is 7.92. The molecule has 3 aromatic rings. The van der Waals surface area contributed by atoms with Crippen LogP contribution in [0.3, 0.4) is 0 Å². The fourth-order valence-corrected chi connectivity index (χ4v) is 5.32. The van der Waals surface area contributed by atoms with Crippen molar-refractivity contribution in [2.75, 3.05) is 29.4 Å². The topological polar surface area (TPSA) is 84.9 Å². The molecule has 8 heteroatoms. The van der Waals surface area contributed by atoms with Crippen molar-refractivity contribution in [1.82, 2.24) is 0 Å². The molecule has 0 aromatic heterocycles. The summed E-state index contributed by atoms with van der Waals surface area (Å²) in [7, 11) is -3.64. The summed E-state index contributed by atoms with van der Waals surface area (Å²) in [4.78, 5) is 12.6. The number of carbonyl (C=O) groups is 1. The number of nitrogens with zero attached hydrogens (tertiary/aromatic N) is 1. The van der Waals surface area contributed by atoms with Crippen LogP contribution in [0.5, 0.6) is 11.5 Å². The van der Waals surface area contributed by atoms with Gasteiger partial charge in [-0.05, 0) is 79.9 Å².